The van der Waals surface area contributed by atoms with E-state index < -0.39 is 5.41 Å². The van der Waals surface area contributed by atoms with Crippen molar-refractivity contribution in [3.8, 4) is 5.75 Å². The summed E-state index contributed by atoms with van der Waals surface area (Å²) >= 11 is 0. The number of nitrogens with zero attached hydrogens (tertiary/aromatic N) is 3. The number of methoxy groups -OCH3 is 1. The topological polar surface area (TPSA) is 53.1 Å². The van der Waals surface area contributed by atoms with Crippen LogP contribution in [0.3, 0.4) is 0 Å². The van der Waals surface area contributed by atoms with Crippen LogP contribution in [-0.4, -0.2) is 61.6 Å². The van der Waals surface area contributed by atoms with Gasteiger partial charge in [0.25, 0.3) is 0 Å². The second-order valence-corrected chi connectivity index (χ2v) is 8.89. The number of piperazine rings is 1. The highest BCUT2D eigenvalue weighted by molar-refractivity contribution is 6.11. The normalized spacial score (nSPS) is 18.4. The van der Waals surface area contributed by atoms with Gasteiger partial charge in [0.05, 0.1) is 13.8 Å². The van der Waals surface area contributed by atoms with Crippen LogP contribution in [0.2, 0.25) is 0 Å². The maximum Gasteiger partial charge on any atom is 0.245 e. The second kappa shape index (κ2) is 9.31. The summed E-state index contributed by atoms with van der Waals surface area (Å²) in [6, 6.07) is 27.5. The Labute approximate surface area is 200 Å². The SMILES string of the molecule is COc1cccc(N2CCN(CN3C(=O)CC(c4ccccc4)(c4ccccc4)C3=O)CC2)c1. The highest BCUT2D eigenvalue weighted by atomic mass is 16.5. The van der Waals surface area contributed by atoms with Gasteiger partial charge in [-0.1, -0.05) is 66.7 Å². The molecule has 0 aromatic heterocycles. The van der Waals surface area contributed by atoms with Crippen molar-refractivity contribution in [1.29, 1.82) is 0 Å². The Morgan fingerprint density at radius 3 is 2.00 bits per heavy atom. The number of ether oxygens (including phenoxy) is 1. The van der Waals surface area contributed by atoms with Crippen molar-refractivity contribution in [3.05, 3.63) is 96.1 Å². The van der Waals surface area contributed by atoms with Crippen LogP contribution in [0, 0.1) is 0 Å². The summed E-state index contributed by atoms with van der Waals surface area (Å²) < 4.78 is 5.35. The summed E-state index contributed by atoms with van der Waals surface area (Å²) in [6.45, 7) is 3.53. The molecule has 0 bridgehead atoms. The average molecular weight is 456 g/mol. The molecule has 34 heavy (non-hydrogen) atoms. The van der Waals surface area contributed by atoms with E-state index in [4.69, 9.17) is 4.74 Å². The summed E-state index contributed by atoms with van der Waals surface area (Å²) in [5.74, 6) is 0.587. The molecule has 2 aliphatic rings. The largest absolute Gasteiger partial charge is 0.497 e. The van der Waals surface area contributed by atoms with E-state index in [-0.39, 0.29) is 18.2 Å². The van der Waals surface area contributed by atoms with Crippen LogP contribution in [0.1, 0.15) is 17.5 Å². The number of likely N-dealkylation sites (tertiary alicyclic amines) is 1. The first kappa shape index (κ1) is 22.2. The van der Waals surface area contributed by atoms with Crippen molar-refractivity contribution < 1.29 is 14.3 Å². The first-order chi connectivity index (χ1) is 16.6. The lowest BCUT2D eigenvalue weighted by atomic mass is 9.73. The first-order valence-electron chi connectivity index (χ1n) is 11.7. The summed E-state index contributed by atoms with van der Waals surface area (Å²) in [5.41, 5.74) is 1.89. The molecule has 0 atom stereocenters. The molecule has 2 heterocycles. The Balaban J connectivity index is 1.33. The number of amides is 2. The van der Waals surface area contributed by atoms with Crippen LogP contribution < -0.4 is 9.64 Å². The van der Waals surface area contributed by atoms with Gasteiger partial charge in [-0.05, 0) is 23.3 Å². The number of rotatable bonds is 6. The van der Waals surface area contributed by atoms with Gasteiger partial charge in [-0.2, -0.15) is 0 Å². The molecule has 0 N–H and O–H groups in total. The van der Waals surface area contributed by atoms with Crippen molar-refractivity contribution in [2.45, 2.75) is 11.8 Å². The van der Waals surface area contributed by atoms with Gasteiger partial charge in [-0.25, -0.2) is 0 Å². The van der Waals surface area contributed by atoms with E-state index in [1.165, 1.54) is 4.90 Å². The van der Waals surface area contributed by atoms with E-state index in [2.05, 4.69) is 15.9 Å². The predicted molar refractivity (Wildman–Crippen MR) is 132 cm³/mol. The van der Waals surface area contributed by atoms with E-state index in [1.807, 2.05) is 78.9 Å². The lowest BCUT2D eigenvalue weighted by Crippen LogP contribution is -2.52. The maximum atomic E-state index is 13.9. The Kier molecular flexibility index (Phi) is 6.07. The molecule has 2 fully saturated rings. The van der Waals surface area contributed by atoms with Gasteiger partial charge >= 0.3 is 0 Å². The van der Waals surface area contributed by atoms with Crippen LogP contribution in [-0.2, 0) is 15.0 Å². The van der Waals surface area contributed by atoms with Gasteiger partial charge in [0.1, 0.15) is 11.2 Å². The lowest BCUT2D eigenvalue weighted by molar-refractivity contribution is -0.142. The van der Waals surface area contributed by atoms with E-state index in [0.29, 0.717) is 6.67 Å². The molecular formula is C28H29N3O3. The third kappa shape index (κ3) is 3.94. The zero-order valence-electron chi connectivity index (χ0n) is 19.4. The third-order valence-corrected chi connectivity index (χ3v) is 6.99. The van der Waals surface area contributed by atoms with Crippen molar-refractivity contribution in [2.75, 3.05) is 44.9 Å². The number of anilines is 1. The van der Waals surface area contributed by atoms with Gasteiger partial charge < -0.3 is 9.64 Å². The fourth-order valence-corrected chi connectivity index (χ4v) is 5.10. The molecule has 6 heteroatoms. The number of benzene rings is 3. The predicted octanol–water partition coefficient (Wildman–Crippen LogP) is 3.52. The summed E-state index contributed by atoms with van der Waals surface area (Å²) in [5, 5.41) is 0. The fourth-order valence-electron chi connectivity index (χ4n) is 5.10. The summed E-state index contributed by atoms with van der Waals surface area (Å²) in [4.78, 5) is 33.1. The van der Waals surface area contributed by atoms with Gasteiger partial charge in [-0.15, -0.1) is 0 Å². The highest BCUT2D eigenvalue weighted by Gasteiger charge is 2.54. The van der Waals surface area contributed by atoms with Crippen molar-refractivity contribution >= 4 is 17.5 Å². The van der Waals surface area contributed by atoms with Crippen LogP contribution in [0.5, 0.6) is 5.75 Å². The molecule has 2 aliphatic heterocycles. The molecular weight excluding hydrogens is 426 g/mol. The molecule has 2 saturated heterocycles. The van der Waals surface area contributed by atoms with Crippen LogP contribution in [0.15, 0.2) is 84.9 Å². The molecule has 3 aromatic carbocycles. The van der Waals surface area contributed by atoms with Gasteiger partial charge in [-0.3, -0.25) is 19.4 Å². The molecule has 3 aromatic rings. The molecule has 5 rings (SSSR count). The zero-order chi connectivity index (χ0) is 23.5. The van der Waals surface area contributed by atoms with Crippen LogP contribution in [0.4, 0.5) is 5.69 Å². The Bertz CT molecular complexity index is 1120. The van der Waals surface area contributed by atoms with Gasteiger partial charge in [0.15, 0.2) is 0 Å². The van der Waals surface area contributed by atoms with E-state index in [9.17, 15) is 9.59 Å². The van der Waals surface area contributed by atoms with Gasteiger partial charge in [0, 0.05) is 44.4 Å². The molecule has 0 aliphatic carbocycles. The van der Waals surface area contributed by atoms with E-state index >= 15 is 0 Å². The Hall–Kier alpha value is -3.64. The Morgan fingerprint density at radius 1 is 0.794 bits per heavy atom. The molecule has 0 saturated carbocycles. The number of hydrogen-bond acceptors (Lipinski definition) is 5. The molecule has 6 nitrogen and oxygen atoms in total. The first-order valence-corrected chi connectivity index (χ1v) is 11.7. The zero-order valence-corrected chi connectivity index (χ0v) is 19.4. The minimum absolute atomic E-state index is 0.118. The van der Waals surface area contributed by atoms with Crippen LogP contribution >= 0.6 is 0 Å². The number of carbonyl (C=O) groups is 2. The second-order valence-electron chi connectivity index (χ2n) is 8.89. The molecule has 174 valence electrons. The Morgan fingerprint density at radius 2 is 1.41 bits per heavy atom. The maximum absolute atomic E-state index is 13.9. The third-order valence-electron chi connectivity index (χ3n) is 6.99. The molecule has 0 unspecified atom stereocenters. The van der Waals surface area contributed by atoms with E-state index in [1.54, 1.807) is 7.11 Å². The number of carbonyl (C=O) groups excluding carboxylic acids is 2. The van der Waals surface area contributed by atoms with E-state index in [0.717, 1.165) is 48.7 Å². The fraction of sp³-hybridized carbons (Fsp3) is 0.286. The monoisotopic (exact) mass is 455 g/mol. The van der Waals surface area contributed by atoms with Crippen molar-refractivity contribution in [3.63, 3.8) is 0 Å². The van der Waals surface area contributed by atoms with Crippen LogP contribution in [0.25, 0.3) is 0 Å². The average Bonchev–Trinajstić information content (AvgIpc) is 3.16. The number of imide groups is 1. The molecule has 2 amide bonds. The minimum Gasteiger partial charge on any atom is -0.497 e. The van der Waals surface area contributed by atoms with Gasteiger partial charge in [0.2, 0.25) is 11.8 Å². The minimum atomic E-state index is -0.970. The summed E-state index contributed by atoms with van der Waals surface area (Å²) in [7, 11) is 1.67. The van der Waals surface area contributed by atoms with Crippen molar-refractivity contribution in [1.82, 2.24) is 9.80 Å². The lowest BCUT2D eigenvalue weighted by Gasteiger charge is -2.37. The van der Waals surface area contributed by atoms with Crippen molar-refractivity contribution in [2.24, 2.45) is 0 Å². The standard InChI is InChI=1S/C28H29N3O3/c1-34-25-14-8-13-24(19-25)30-17-15-29(16-18-30)21-31-26(32)20-28(27(31)33,22-9-4-2-5-10-22)23-11-6-3-7-12-23/h2-14,19H,15-18,20-21H2,1H3. The smallest absolute Gasteiger partial charge is 0.245 e. The highest BCUT2D eigenvalue weighted by Crippen LogP contribution is 2.42. The summed E-state index contributed by atoms with van der Waals surface area (Å²) in [6.07, 6.45) is 0.156. The molecule has 0 radical (unpaired) electrons. The number of hydrogen-bond donors (Lipinski definition) is 0. The molecule has 0 spiro atoms. The quantitative estimate of drug-likeness (QED) is 0.533.